The van der Waals surface area contributed by atoms with Crippen LogP contribution in [0.4, 0.5) is 26.3 Å². The highest BCUT2D eigenvalue weighted by atomic mass is 19.4. The highest BCUT2D eigenvalue weighted by Crippen LogP contribution is 2.53. The molecule has 0 fully saturated rings. The van der Waals surface area contributed by atoms with Gasteiger partial charge in [0.2, 0.25) is 0 Å². The largest absolute Gasteiger partial charge is 0.459 e. The summed E-state index contributed by atoms with van der Waals surface area (Å²) in [7, 11) is 0. The van der Waals surface area contributed by atoms with Crippen molar-refractivity contribution in [3.63, 3.8) is 0 Å². The molecule has 1 unspecified atom stereocenters. The zero-order valence-corrected chi connectivity index (χ0v) is 14.3. The summed E-state index contributed by atoms with van der Waals surface area (Å²) in [5, 5.41) is 0. The predicted octanol–water partition coefficient (Wildman–Crippen LogP) is 5.82. The Hall–Kier alpha value is -1.21. The number of carbonyl (C=O) groups is 1. The van der Waals surface area contributed by atoms with Gasteiger partial charge < -0.3 is 4.74 Å². The standard InChI is InChI=1S/C16H24F6O2/c1-6-11(4)13(23)24-12(8-7-10(2)3)9-14(5,15(17,18)19)16(20,21)22/h10,12H,4,6-9H2,1-3,5H3. The average molecular weight is 362 g/mol. The average Bonchev–Trinajstić information content (AvgIpc) is 2.40. The Kier molecular flexibility index (Phi) is 7.83. The Morgan fingerprint density at radius 2 is 1.50 bits per heavy atom. The molecule has 8 heteroatoms. The fourth-order valence-electron chi connectivity index (χ4n) is 1.95. The zero-order chi connectivity index (χ0) is 19.3. The molecule has 0 aliphatic heterocycles. The lowest BCUT2D eigenvalue weighted by atomic mass is 9.81. The normalized spacial score (nSPS) is 14.6. The van der Waals surface area contributed by atoms with Gasteiger partial charge in [-0.15, -0.1) is 0 Å². The lowest BCUT2D eigenvalue weighted by molar-refractivity contribution is -0.341. The first-order chi connectivity index (χ1) is 10.7. The molecule has 0 rings (SSSR count). The second-order valence-corrected chi connectivity index (χ2v) is 6.49. The number of esters is 1. The molecule has 2 nitrogen and oxygen atoms in total. The van der Waals surface area contributed by atoms with Crippen LogP contribution in [-0.2, 0) is 9.53 Å². The van der Waals surface area contributed by atoms with Crippen LogP contribution in [0.5, 0.6) is 0 Å². The summed E-state index contributed by atoms with van der Waals surface area (Å²) in [6, 6.07) is 0. The Balaban J connectivity index is 5.47. The smallest absolute Gasteiger partial charge is 0.403 e. The van der Waals surface area contributed by atoms with Crippen LogP contribution < -0.4 is 0 Å². The summed E-state index contributed by atoms with van der Waals surface area (Å²) < 4.78 is 83.2. The topological polar surface area (TPSA) is 26.3 Å². The molecular weight excluding hydrogens is 338 g/mol. The molecule has 0 aliphatic rings. The second-order valence-electron chi connectivity index (χ2n) is 6.49. The number of rotatable bonds is 8. The van der Waals surface area contributed by atoms with E-state index in [4.69, 9.17) is 4.74 Å². The molecule has 142 valence electrons. The van der Waals surface area contributed by atoms with Crippen molar-refractivity contribution >= 4 is 5.97 Å². The third-order valence-electron chi connectivity index (χ3n) is 3.94. The minimum absolute atomic E-state index is 0.00488. The van der Waals surface area contributed by atoms with E-state index in [2.05, 4.69) is 6.58 Å². The van der Waals surface area contributed by atoms with Crippen molar-refractivity contribution in [2.24, 2.45) is 11.3 Å². The van der Waals surface area contributed by atoms with Crippen LogP contribution in [0.15, 0.2) is 12.2 Å². The van der Waals surface area contributed by atoms with Gasteiger partial charge in [0.15, 0.2) is 5.41 Å². The molecule has 24 heavy (non-hydrogen) atoms. The van der Waals surface area contributed by atoms with E-state index in [1.807, 2.05) is 0 Å². The van der Waals surface area contributed by atoms with Crippen molar-refractivity contribution in [1.29, 1.82) is 0 Å². The first-order valence-corrected chi connectivity index (χ1v) is 7.68. The van der Waals surface area contributed by atoms with Crippen molar-refractivity contribution in [3.8, 4) is 0 Å². The maximum atomic E-state index is 13.0. The fourth-order valence-corrected chi connectivity index (χ4v) is 1.95. The zero-order valence-electron chi connectivity index (χ0n) is 14.3. The minimum Gasteiger partial charge on any atom is -0.459 e. The van der Waals surface area contributed by atoms with Crippen LogP contribution in [0.1, 0.15) is 53.4 Å². The van der Waals surface area contributed by atoms with E-state index < -0.39 is 36.3 Å². The van der Waals surface area contributed by atoms with E-state index in [9.17, 15) is 31.1 Å². The van der Waals surface area contributed by atoms with Gasteiger partial charge in [-0.1, -0.05) is 27.4 Å². The van der Waals surface area contributed by atoms with Crippen LogP contribution in [0.3, 0.4) is 0 Å². The highest BCUT2D eigenvalue weighted by Gasteiger charge is 2.68. The Morgan fingerprint density at radius 3 is 1.83 bits per heavy atom. The van der Waals surface area contributed by atoms with Crippen LogP contribution in [-0.4, -0.2) is 24.4 Å². The molecule has 0 aliphatic carbocycles. The van der Waals surface area contributed by atoms with E-state index in [1.54, 1.807) is 20.8 Å². The number of alkyl halides is 6. The van der Waals surface area contributed by atoms with Gasteiger partial charge in [0.25, 0.3) is 0 Å². The van der Waals surface area contributed by atoms with Crippen molar-refractivity contribution in [2.75, 3.05) is 0 Å². The number of halogens is 6. The molecule has 0 saturated carbocycles. The van der Waals surface area contributed by atoms with Gasteiger partial charge in [-0.2, -0.15) is 26.3 Å². The summed E-state index contributed by atoms with van der Waals surface area (Å²) in [5.41, 5.74) is -3.94. The fraction of sp³-hybridized carbons (Fsp3) is 0.812. The van der Waals surface area contributed by atoms with E-state index in [1.165, 1.54) is 0 Å². The molecule has 0 spiro atoms. The lowest BCUT2D eigenvalue weighted by Crippen LogP contribution is -2.50. The van der Waals surface area contributed by atoms with Gasteiger partial charge >= 0.3 is 18.3 Å². The maximum absolute atomic E-state index is 13.0. The van der Waals surface area contributed by atoms with Gasteiger partial charge in [-0.05, 0) is 32.1 Å². The molecule has 0 N–H and O–H groups in total. The van der Waals surface area contributed by atoms with Crippen molar-refractivity contribution in [1.82, 2.24) is 0 Å². The molecule has 1 atom stereocenters. The second kappa shape index (κ2) is 8.25. The first-order valence-electron chi connectivity index (χ1n) is 7.68. The number of carbonyl (C=O) groups excluding carboxylic acids is 1. The molecule has 0 amide bonds. The van der Waals surface area contributed by atoms with E-state index in [0.29, 0.717) is 6.42 Å². The lowest BCUT2D eigenvalue weighted by Gasteiger charge is -2.36. The highest BCUT2D eigenvalue weighted by molar-refractivity contribution is 5.87. The van der Waals surface area contributed by atoms with Crippen LogP contribution in [0, 0.1) is 11.3 Å². The Morgan fingerprint density at radius 1 is 1.04 bits per heavy atom. The van der Waals surface area contributed by atoms with E-state index >= 15 is 0 Å². The molecule has 0 aromatic carbocycles. The van der Waals surface area contributed by atoms with Gasteiger partial charge in [0, 0.05) is 12.0 Å². The predicted molar refractivity (Wildman–Crippen MR) is 78.2 cm³/mol. The number of ether oxygens (including phenoxy) is 1. The van der Waals surface area contributed by atoms with Gasteiger partial charge in [-0.3, -0.25) is 0 Å². The molecule has 0 radical (unpaired) electrons. The minimum atomic E-state index is -5.50. The van der Waals surface area contributed by atoms with Gasteiger partial charge in [0.1, 0.15) is 6.10 Å². The molecular formula is C16H24F6O2. The quantitative estimate of drug-likeness (QED) is 0.309. The Labute approximate surface area is 138 Å². The van der Waals surface area contributed by atoms with E-state index in [0.717, 1.165) is 0 Å². The SMILES string of the molecule is C=C(CC)C(=O)OC(CCC(C)C)CC(C)(C(F)(F)F)C(F)(F)F. The first kappa shape index (κ1) is 22.8. The van der Waals surface area contributed by atoms with Crippen LogP contribution in [0.2, 0.25) is 0 Å². The molecule has 0 saturated heterocycles. The van der Waals surface area contributed by atoms with Crippen LogP contribution in [0.25, 0.3) is 0 Å². The van der Waals surface area contributed by atoms with Crippen molar-refractivity contribution in [2.45, 2.75) is 71.8 Å². The van der Waals surface area contributed by atoms with E-state index in [-0.39, 0.29) is 31.3 Å². The van der Waals surface area contributed by atoms with Crippen molar-refractivity contribution < 1.29 is 35.9 Å². The third-order valence-corrected chi connectivity index (χ3v) is 3.94. The number of hydrogen-bond acceptors (Lipinski definition) is 2. The molecule has 0 aromatic heterocycles. The molecule has 0 bridgehead atoms. The number of hydrogen-bond donors (Lipinski definition) is 0. The summed E-state index contributed by atoms with van der Waals surface area (Å²) >= 11 is 0. The maximum Gasteiger partial charge on any atom is 0.403 e. The monoisotopic (exact) mass is 362 g/mol. The summed E-state index contributed by atoms with van der Waals surface area (Å²) in [4.78, 5) is 11.7. The molecule has 0 heterocycles. The third kappa shape index (κ3) is 6.02. The Bertz CT molecular complexity index is 423. The van der Waals surface area contributed by atoms with Crippen LogP contribution >= 0.6 is 0 Å². The van der Waals surface area contributed by atoms with Gasteiger partial charge in [0.05, 0.1) is 0 Å². The van der Waals surface area contributed by atoms with Gasteiger partial charge in [-0.25, -0.2) is 4.79 Å². The molecule has 0 aromatic rings. The summed E-state index contributed by atoms with van der Waals surface area (Å²) in [5.74, 6) is -0.915. The van der Waals surface area contributed by atoms with Crippen molar-refractivity contribution in [3.05, 3.63) is 12.2 Å². The summed E-state index contributed by atoms with van der Waals surface area (Å²) in [6.45, 7) is 8.63. The summed E-state index contributed by atoms with van der Waals surface area (Å²) in [6.07, 6.45) is -13.4.